The summed E-state index contributed by atoms with van der Waals surface area (Å²) in [6, 6.07) is 13.4. The molecule has 0 bridgehead atoms. The van der Waals surface area contributed by atoms with Crippen LogP contribution in [0.3, 0.4) is 0 Å². The Kier molecular flexibility index (Phi) is 17.8. The molecule has 15 heteroatoms. The van der Waals surface area contributed by atoms with E-state index < -0.39 is 83.8 Å². The van der Waals surface area contributed by atoms with Gasteiger partial charge in [0.1, 0.15) is 24.7 Å². The number of unbranched alkanes of at least 4 members (excludes halogenated alkanes) is 3. The molecule has 2 heterocycles. The first-order chi connectivity index (χ1) is 28.6. The van der Waals surface area contributed by atoms with E-state index in [9.17, 15) is 33.6 Å². The van der Waals surface area contributed by atoms with Gasteiger partial charge in [0, 0.05) is 26.6 Å². The van der Waals surface area contributed by atoms with E-state index in [2.05, 4.69) is 21.3 Å². The molecule has 0 saturated carbocycles. The molecular formula is C45H62N6O9. The number of Topliss-reactive ketones (excluding diaryl/α,β-unsaturated/α-hetero) is 1. The summed E-state index contributed by atoms with van der Waals surface area (Å²) in [6.07, 6.45) is 6.94. The van der Waals surface area contributed by atoms with Crippen LogP contribution in [-0.2, 0) is 44.8 Å². The second-order valence-corrected chi connectivity index (χ2v) is 16.2. The molecule has 0 aliphatic carbocycles. The number of likely N-dealkylation sites (tertiary alicyclic amines) is 1. The number of ketones is 1. The summed E-state index contributed by atoms with van der Waals surface area (Å²) in [5.74, 6) is -4.64. The fourth-order valence-electron chi connectivity index (χ4n) is 7.72. The first-order valence-electron chi connectivity index (χ1n) is 20.9. The summed E-state index contributed by atoms with van der Waals surface area (Å²) >= 11 is 0. The summed E-state index contributed by atoms with van der Waals surface area (Å²) in [5, 5.41) is 10.5. The lowest BCUT2D eigenvalue weighted by Gasteiger charge is -2.32. The molecule has 60 heavy (non-hydrogen) atoms. The molecule has 2 fully saturated rings. The third kappa shape index (κ3) is 13.5. The van der Waals surface area contributed by atoms with Gasteiger partial charge in [0.05, 0.1) is 24.3 Å². The van der Waals surface area contributed by atoms with Crippen molar-refractivity contribution in [1.82, 2.24) is 31.1 Å². The van der Waals surface area contributed by atoms with Gasteiger partial charge in [0.15, 0.2) is 0 Å². The van der Waals surface area contributed by atoms with Gasteiger partial charge in [-0.05, 0) is 64.0 Å². The summed E-state index contributed by atoms with van der Waals surface area (Å²) in [4.78, 5) is 97.7. The minimum Gasteiger partial charge on any atom is -0.445 e. The monoisotopic (exact) mass is 830 g/mol. The smallest absolute Gasteiger partial charge is 0.408 e. The third-order valence-corrected chi connectivity index (χ3v) is 10.7. The van der Waals surface area contributed by atoms with Gasteiger partial charge in [-0.1, -0.05) is 99.0 Å². The van der Waals surface area contributed by atoms with E-state index >= 15 is 0 Å². The number of benzene rings is 2. The van der Waals surface area contributed by atoms with E-state index in [1.165, 1.54) is 9.80 Å². The van der Waals surface area contributed by atoms with Gasteiger partial charge < -0.3 is 40.5 Å². The van der Waals surface area contributed by atoms with Crippen LogP contribution in [0.1, 0.15) is 96.2 Å². The molecule has 0 radical (unpaired) electrons. The molecule has 0 spiro atoms. The number of nitrogens with zero attached hydrogens (tertiary/aromatic N) is 2. The molecule has 2 aromatic rings. The first kappa shape index (κ1) is 47.1. The van der Waals surface area contributed by atoms with Crippen LogP contribution in [0.15, 0.2) is 72.8 Å². The maximum atomic E-state index is 14.5. The number of carbonyl (C=O) groups is 7. The van der Waals surface area contributed by atoms with Gasteiger partial charge in [0.25, 0.3) is 5.91 Å². The van der Waals surface area contributed by atoms with Gasteiger partial charge in [-0.3, -0.25) is 28.8 Å². The maximum absolute atomic E-state index is 14.5. The van der Waals surface area contributed by atoms with Crippen molar-refractivity contribution in [2.24, 2.45) is 5.92 Å². The van der Waals surface area contributed by atoms with Crippen LogP contribution in [0.2, 0.25) is 0 Å². The van der Waals surface area contributed by atoms with Crippen LogP contribution in [-0.4, -0.2) is 108 Å². The fourth-order valence-corrected chi connectivity index (χ4v) is 7.72. The van der Waals surface area contributed by atoms with Crippen LogP contribution in [0.4, 0.5) is 4.79 Å². The Hall–Kier alpha value is -5.57. The molecule has 6 amide bonds. The fraction of sp³-hybridized carbons (Fsp3) is 0.533. The zero-order valence-electron chi connectivity index (χ0n) is 35.7. The van der Waals surface area contributed by atoms with Gasteiger partial charge in [0.2, 0.25) is 29.4 Å². The van der Waals surface area contributed by atoms with E-state index in [0.29, 0.717) is 37.7 Å². The molecule has 2 aliphatic rings. The maximum Gasteiger partial charge on any atom is 0.408 e. The Bertz CT molecular complexity index is 1820. The van der Waals surface area contributed by atoms with E-state index in [0.717, 1.165) is 18.4 Å². The van der Waals surface area contributed by atoms with Crippen molar-refractivity contribution >= 4 is 41.4 Å². The van der Waals surface area contributed by atoms with Crippen molar-refractivity contribution in [2.45, 2.75) is 122 Å². The van der Waals surface area contributed by atoms with E-state index in [-0.39, 0.29) is 25.5 Å². The molecule has 2 unspecified atom stereocenters. The number of hydrogen-bond acceptors (Lipinski definition) is 9. The zero-order valence-corrected chi connectivity index (χ0v) is 35.7. The van der Waals surface area contributed by atoms with Crippen molar-refractivity contribution in [3.05, 3.63) is 83.9 Å². The average molecular weight is 831 g/mol. The number of fused-ring (bicyclic) bond motifs is 1. The normalized spacial score (nSPS) is 19.4. The van der Waals surface area contributed by atoms with Crippen LogP contribution in [0, 0.1) is 5.92 Å². The summed E-state index contributed by atoms with van der Waals surface area (Å²) in [7, 11) is 3.12. The van der Waals surface area contributed by atoms with Crippen molar-refractivity contribution in [3.8, 4) is 0 Å². The lowest BCUT2D eigenvalue weighted by molar-refractivity contribution is -0.144. The molecule has 4 N–H and O–H groups in total. The second-order valence-electron chi connectivity index (χ2n) is 16.2. The highest BCUT2D eigenvalue weighted by molar-refractivity contribution is 6.38. The number of nitrogens with one attached hydrogen (secondary N) is 4. The number of amides is 6. The first-order valence-corrected chi connectivity index (χ1v) is 20.9. The molecule has 6 atom stereocenters. The van der Waals surface area contributed by atoms with Crippen molar-refractivity contribution in [3.63, 3.8) is 0 Å². The molecule has 4 rings (SSSR count). The highest BCUT2D eigenvalue weighted by atomic mass is 16.5. The Morgan fingerprint density at radius 3 is 2.22 bits per heavy atom. The Labute approximate surface area is 353 Å². The van der Waals surface area contributed by atoms with Gasteiger partial charge in [-0.15, -0.1) is 0 Å². The standard InChI is InChI=1S/C45H62N6O9/c1-7-9-11-12-19-25-34(48-44(58)59-29-30-20-15-13-16-21-30)42(56)51-28-35-32(26-45(3,4)60-35)38(51)40(54)47-33(24-10-8-2)39(53)41(55)46-27-36(52)49-37(43(57)50(5)6)31-22-17-14-18-23-31/h7,9,13-18,20-23,32-35,37-38H,8,10-12,19,24-29H2,1-6H3,(H,46,55)(H,47,54)(H,48,58)(H,49,52)/b9-7+/t32-,33-,34-,35-,37?,38?/m0/s1. The molecular weight excluding hydrogens is 769 g/mol. The van der Waals surface area contributed by atoms with Crippen molar-refractivity contribution in [2.75, 3.05) is 27.2 Å². The molecule has 326 valence electrons. The predicted octanol–water partition coefficient (Wildman–Crippen LogP) is 4.12. The topological polar surface area (TPSA) is 193 Å². The van der Waals surface area contributed by atoms with Crippen molar-refractivity contribution in [1.29, 1.82) is 0 Å². The number of ether oxygens (including phenoxy) is 2. The van der Waals surface area contributed by atoms with Crippen molar-refractivity contribution < 1.29 is 43.0 Å². The number of likely N-dealkylation sites (N-methyl/N-ethyl adjacent to an activating group) is 1. The van der Waals surface area contributed by atoms with Crippen LogP contribution < -0.4 is 21.3 Å². The predicted molar refractivity (Wildman–Crippen MR) is 225 cm³/mol. The number of carbonyl (C=O) groups excluding carboxylic acids is 7. The Morgan fingerprint density at radius 2 is 1.57 bits per heavy atom. The molecule has 15 nitrogen and oxygen atoms in total. The minimum absolute atomic E-state index is 0.00641. The Morgan fingerprint density at radius 1 is 0.900 bits per heavy atom. The average Bonchev–Trinajstić information content (AvgIpc) is 3.73. The second kappa shape index (κ2) is 22.7. The molecule has 2 aromatic carbocycles. The number of alkyl carbamates (subject to hydrolysis) is 1. The Balaban J connectivity index is 1.49. The van der Waals surface area contributed by atoms with Gasteiger partial charge in [-0.2, -0.15) is 0 Å². The van der Waals surface area contributed by atoms with Crippen LogP contribution >= 0.6 is 0 Å². The summed E-state index contributed by atoms with van der Waals surface area (Å²) < 4.78 is 11.8. The van der Waals surface area contributed by atoms with Gasteiger partial charge >= 0.3 is 6.09 Å². The molecule has 2 saturated heterocycles. The largest absolute Gasteiger partial charge is 0.445 e. The van der Waals surface area contributed by atoms with Crippen LogP contribution in [0.5, 0.6) is 0 Å². The number of hydrogen-bond donors (Lipinski definition) is 4. The highest BCUT2D eigenvalue weighted by Crippen LogP contribution is 2.43. The van der Waals surface area contributed by atoms with E-state index in [4.69, 9.17) is 9.47 Å². The van der Waals surface area contributed by atoms with E-state index in [1.54, 1.807) is 44.4 Å². The SMILES string of the molecule is C/C=C/CCCC[C@H](NC(=O)OCc1ccccc1)C(=O)N1C[C@@H]2OC(C)(C)C[C@@H]2C1C(=O)N[C@@H](CCCC)C(=O)C(=O)NCC(=O)NC(C(=O)N(C)C)c1ccccc1. The number of rotatable bonds is 21. The third-order valence-electron chi connectivity index (χ3n) is 10.7. The lowest BCUT2D eigenvalue weighted by Crippen LogP contribution is -2.58. The summed E-state index contributed by atoms with van der Waals surface area (Å²) in [5.41, 5.74) is 0.744. The highest BCUT2D eigenvalue weighted by Gasteiger charge is 2.56. The molecule has 2 aliphatic heterocycles. The zero-order chi connectivity index (χ0) is 43.8. The minimum atomic E-state index is -1.26. The van der Waals surface area contributed by atoms with Crippen LogP contribution in [0.25, 0.3) is 0 Å². The summed E-state index contributed by atoms with van der Waals surface area (Å²) in [6.45, 7) is 7.16. The quantitative estimate of drug-likeness (QED) is 0.0815. The van der Waals surface area contributed by atoms with E-state index in [1.807, 2.05) is 70.2 Å². The molecule has 0 aromatic heterocycles. The lowest BCUT2D eigenvalue weighted by atomic mass is 9.89. The van der Waals surface area contributed by atoms with Gasteiger partial charge in [-0.25, -0.2) is 4.79 Å². The number of allylic oxidation sites excluding steroid dienone is 2.